The summed E-state index contributed by atoms with van der Waals surface area (Å²) in [5.74, 6) is 0.519. The monoisotopic (exact) mass is 509 g/mol. The van der Waals surface area contributed by atoms with Gasteiger partial charge in [0.05, 0.1) is 30.7 Å². The summed E-state index contributed by atoms with van der Waals surface area (Å²) < 4.78 is 17.2. The number of alkyl carbamates (subject to hydrolysis) is 1. The Morgan fingerprint density at radius 1 is 1.24 bits per heavy atom. The molecule has 3 rings (SSSR count). The third-order valence-electron chi connectivity index (χ3n) is 6.73. The average Bonchev–Trinajstić information content (AvgIpc) is 3.59. The van der Waals surface area contributed by atoms with E-state index in [1.165, 1.54) is 12.6 Å². The van der Waals surface area contributed by atoms with Crippen molar-refractivity contribution in [1.82, 2.24) is 25.7 Å². The van der Waals surface area contributed by atoms with Gasteiger partial charge in [0.25, 0.3) is 0 Å². The maximum atomic E-state index is 13.3. The van der Waals surface area contributed by atoms with Crippen molar-refractivity contribution >= 4 is 17.6 Å². The zero-order valence-corrected chi connectivity index (χ0v) is 21.8. The van der Waals surface area contributed by atoms with E-state index < -0.39 is 12.1 Å². The van der Waals surface area contributed by atoms with Crippen LogP contribution < -0.4 is 10.9 Å². The number of ether oxygens (including phenoxy) is 1. The Hall–Kier alpha value is -3.88. The van der Waals surface area contributed by atoms with E-state index in [0.717, 1.165) is 53.9 Å². The second-order valence-electron chi connectivity index (χ2n) is 9.57. The number of hydrogen-bond acceptors (Lipinski definition) is 5. The van der Waals surface area contributed by atoms with Crippen LogP contribution in [0.15, 0.2) is 72.7 Å². The van der Waals surface area contributed by atoms with Crippen LogP contribution in [0, 0.1) is 5.92 Å². The molecule has 1 aliphatic heterocycles. The molecule has 8 nitrogen and oxygen atoms in total. The summed E-state index contributed by atoms with van der Waals surface area (Å²) in [4.78, 5) is 34.9. The molecule has 0 bridgehead atoms. The summed E-state index contributed by atoms with van der Waals surface area (Å²) in [5, 5.41) is 2.67. The van der Waals surface area contributed by atoms with Crippen LogP contribution in [-0.2, 0) is 9.53 Å². The topological polar surface area (TPSA) is 99.3 Å². The van der Waals surface area contributed by atoms with E-state index >= 15 is 0 Å². The normalized spacial score (nSPS) is 18.3. The maximum Gasteiger partial charge on any atom is 0.407 e. The molecule has 0 saturated carbocycles. The minimum Gasteiger partial charge on any atom is -0.453 e. The lowest BCUT2D eigenvalue weighted by atomic mass is 9.92. The van der Waals surface area contributed by atoms with Crippen LogP contribution >= 0.6 is 0 Å². The Morgan fingerprint density at radius 3 is 2.62 bits per heavy atom. The number of allylic oxidation sites excluding steroid dienone is 7. The van der Waals surface area contributed by atoms with Gasteiger partial charge in [-0.3, -0.25) is 4.79 Å². The first-order valence-corrected chi connectivity index (χ1v) is 12.4. The Balaban J connectivity index is 1.71. The number of carbonyl (C=O) groups excluding carboxylic acids is 2. The number of imidazole rings is 1. The van der Waals surface area contributed by atoms with E-state index in [2.05, 4.69) is 35.0 Å². The number of nitrogens with zero attached hydrogens (tertiary/aromatic N) is 2. The first kappa shape index (κ1) is 27.7. The van der Waals surface area contributed by atoms with Crippen LogP contribution in [-0.4, -0.2) is 46.6 Å². The highest BCUT2D eigenvalue weighted by Gasteiger charge is 2.37. The number of H-pyrrole nitrogens is 1. The van der Waals surface area contributed by atoms with E-state index in [9.17, 15) is 14.1 Å². The number of aromatic nitrogens is 2. The Bertz CT molecular complexity index is 1160. The minimum absolute atomic E-state index is 0.0877. The molecule has 3 N–H and O–H groups in total. The van der Waals surface area contributed by atoms with Gasteiger partial charge < -0.3 is 19.9 Å². The van der Waals surface area contributed by atoms with E-state index in [-0.39, 0.29) is 23.6 Å². The predicted molar refractivity (Wildman–Crippen MR) is 143 cm³/mol. The Labute approximate surface area is 217 Å². The van der Waals surface area contributed by atoms with Gasteiger partial charge in [0.1, 0.15) is 11.9 Å². The molecule has 2 unspecified atom stereocenters. The Kier molecular flexibility index (Phi) is 9.27. The zero-order valence-electron chi connectivity index (χ0n) is 21.8. The highest BCUT2D eigenvalue weighted by atomic mass is 19.2. The molecule has 9 heteroatoms. The quantitative estimate of drug-likeness (QED) is 0.297. The summed E-state index contributed by atoms with van der Waals surface area (Å²) >= 11 is 0. The summed E-state index contributed by atoms with van der Waals surface area (Å²) in [6, 6.07) is -0.846. The number of aromatic amines is 1. The van der Waals surface area contributed by atoms with Crippen molar-refractivity contribution in [2.75, 3.05) is 13.7 Å². The lowest BCUT2D eigenvalue weighted by molar-refractivity contribution is -0.135. The van der Waals surface area contributed by atoms with Gasteiger partial charge >= 0.3 is 6.09 Å². The lowest BCUT2D eigenvalue weighted by Gasteiger charge is -2.30. The SMILES string of the molecule is C=C(/C=C\C(=C)C1=CC=C(c2cnc(C3CCCN3C(=O)C(NC(=O)OC)C(C)C)[nH]2)CC1)C(=C)NF. The van der Waals surface area contributed by atoms with Gasteiger partial charge in [0.2, 0.25) is 5.91 Å². The van der Waals surface area contributed by atoms with Crippen LogP contribution in [0.1, 0.15) is 57.1 Å². The van der Waals surface area contributed by atoms with Crippen LogP contribution in [0.2, 0.25) is 0 Å². The van der Waals surface area contributed by atoms with Gasteiger partial charge in [-0.25, -0.2) is 15.3 Å². The molecular weight excluding hydrogens is 473 g/mol. The molecule has 1 saturated heterocycles. The molecule has 2 atom stereocenters. The molecule has 2 aliphatic rings. The number of rotatable bonds is 10. The predicted octanol–water partition coefficient (Wildman–Crippen LogP) is 5.21. The lowest BCUT2D eigenvalue weighted by Crippen LogP contribution is -2.51. The molecule has 1 aromatic heterocycles. The standard InChI is InChI=1S/C28H36FN5O3/c1-17(2)25(32-28(36)37-6)27(35)34-15-7-8-24(34)26-30-16-23(31-26)22-13-11-21(12-14-22)19(4)10-9-18(3)20(5)33-29/h9-11,13,16-17,24-25,33H,3-5,7-8,12,14-15H2,1-2,6H3,(H,30,31)(H,32,36)/b10-9-. The number of likely N-dealkylation sites (tertiary alicyclic amines) is 1. The molecule has 1 aromatic rings. The van der Waals surface area contributed by atoms with Gasteiger partial charge in [-0.1, -0.05) is 57.9 Å². The third-order valence-corrected chi connectivity index (χ3v) is 6.73. The summed E-state index contributed by atoms with van der Waals surface area (Å²) in [6.45, 7) is 15.8. The average molecular weight is 510 g/mol. The molecular formula is C28H36FN5O3. The van der Waals surface area contributed by atoms with Gasteiger partial charge in [-0.15, -0.1) is 4.48 Å². The van der Waals surface area contributed by atoms with E-state index in [0.29, 0.717) is 12.1 Å². The third kappa shape index (κ3) is 6.67. The number of hydrogen-bond donors (Lipinski definition) is 3. The molecule has 0 radical (unpaired) electrons. The smallest absolute Gasteiger partial charge is 0.407 e. The molecule has 2 heterocycles. The number of methoxy groups -OCH3 is 1. The second-order valence-corrected chi connectivity index (χ2v) is 9.57. The number of carbonyl (C=O) groups is 2. The minimum atomic E-state index is -0.669. The molecule has 1 aliphatic carbocycles. The fraction of sp³-hybridized carbons (Fsp3) is 0.393. The molecule has 198 valence electrons. The zero-order chi connectivity index (χ0) is 27.1. The molecule has 0 aromatic carbocycles. The van der Waals surface area contributed by atoms with Crippen LogP contribution in [0.3, 0.4) is 0 Å². The van der Waals surface area contributed by atoms with E-state index in [4.69, 9.17) is 4.74 Å². The van der Waals surface area contributed by atoms with E-state index in [1.54, 1.807) is 17.1 Å². The largest absolute Gasteiger partial charge is 0.453 e. The van der Waals surface area contributed by atoms with Crippen LogP contribution in [0.4, 0.5) is 9.28 Å². The second kappa shape index (κ2) is 12.4. The molecule has 37 heavy (non-hydrogen) atoms. The fourth-order valence-corrected chi connectivity index (χ4v) is 4.46. The van der Waals surface area contributed by atoms with Crippen molar-refractivity contribution in [1.29, 1.82) is 0 Å². The van der Waals surface area contributed by atoms with Crippen molar-refractivity contribution in [2.45, 2.75) is 51.6 Å². The molecule has 2 amide bonds. The summed E-state index contributed by atoms with van der Waals surface area (Å²) in [7, 11) is 1.28. The fourth-order valence-electron chi connectivity index (χ4n) is 4.46. The summed E-state index contributed by atoms with van der Waals surface area (Å²) in [5.41, 5.74) is 5.98. The van der Waals surface area contributed by atoms with Crippen molar-refractivity contribution in [3.05, 3.63) is 84.2 Å². The van der Waals surface area contributed by atoms with Crippen molar-refractivity contribution in [3.8, 4) is 0 Å². The van der Waals surface area contributed by atoms with Gasteiger partial charge in [-0.05, 0) is 53.9 Å². The highest BCUT2D eigenvalue weighted by Crippen LogP contribution is 2.34. The first-order valence-electron chi connectivity index (χ1n) is 12.4. The van der Waals surface area contributed by atoms with Crippen molar-refractivity contribution < 1.29 is 18.8 Å². The molecule has 1 fully saturated rings. The van der Waals surface area contributed by atoms with E-state index in [1.807, 2.05) is 32.2 Å². The van der Waals surface area contributed by atoms with Gasteiger partial charge in [-0.2, -0.15) is 0 Å². The van der Waals surface area contributed by atoms with Gasteiger partial charge in [0.15, 0.2) is 0 Å². The van der Waals surface area contributed by atoms with Crippen molar-refractivity contribution in [2.24, 2.45) is 5.92 Å². The van der Waals surface area contributed by atoms with Crippen molar-refractivity contribution in [3.63, 3.8) is 0 Å². The number of nitrogens with one attached hydrogen (secondary N) is 3. The van der Waals surface area contributed by atoms with Crippen LogP contribution in [0.5, 0.6) is 0 Å². The number of halogens is 1. The number of amides is 2. The first-order chi connectivity index (χ1) is 17.7. The maximum absolute atomic E-state index is 13.3. The molecule has 0 spiro atoms. The summed E-state index contributed by atoms with van der Waals surface area (Å²) in [6.07, 6.45) is 12.0. The van der Waals surface area contributed by atoms with Gasteiger partial charge in [0, 0.05) is 6.54 Å². The Morgan fingerprint density at radius 2 is 2.00 bits per heavy atom. The van der Waals surface area contributed by atoms with Crippen LogP contribution in [0.25, 0.3) is 5.57 Å². The highest BCUT2D eigenvalue weighted by molar-refractivity contribution is 5.86.